The maximum atomic E-state index is 12.0. The normalized spacial score (nSPS) is 10.2. The summed E-state index contributed by atoms with van der Waals surface area (Å²) in [5.41, 5.74) is 8.35. The van der Waals surface area contributed by atoms with E-state index in [0.29, 0.717) is 6.54 Å². The maximum absolute atomic E-state index is 12.0. The first kappa shape index (κ1) is 11.8. The topological polar surface area (TPSA) is 55.1 Å². The van der Waals surface area contributed by atoms with E-state index < -0.39 is 0 Å². The monoisotopic (exact) mass is 246 g/mol. The summed E-state index contributed by atoms with van der Waals surface area (Å²) in [6.07, 6.45) is 0. The minimum Gasteiger partial charge on any atom is -0.326 e. The lowest BCUT2D eigenvalue weighted by molar-refractivity contribution is 0.103. The van der Waals surface area contributed by atoms with E-state index in [1.165, 1.54) is 11.3 Å². The van der Waals surface area contributed by atoms with E-state index in [1.807, 2.05) is 42.6 Å². The molecule has 1 aromatic heterocycles. The first-order chi connectivity index (χ1) is 8.20. The molecule has 0 atom stereocenters. The van der Waals surface area contributed by atoms with Crippen molar-refractivity contribution in [1.29, 1.82) is 0 Å². The van der Waals surface area contributed by atoms with Crippen LogP contribution in [0.1, 0.15) is 20.8 Å². The van der Waals surface area contributed by atoms with Crippen molar-refractivity contribution in [2.75, 3.05) is 5.32 Å². The first-order valence-electron chi connectivity index (χ1n) is 5.35. The Kier molecular flexibility index (Phi) is 3.56. The Morgan fingerprint density at radius 1 is 1.41 bits per heavy atom. The zero-order chi connectivity index (χ0) is 12.3. The van der Waals surface area contributed by atoms with Crippen LogP contribution in [0.4, 0.5) is 5.69 Å². The Labute approximate surface area is 104 Å². The van der Waals surface area contributed by atoms with E-state index in [9.17, 15) is 4.79 Å². The molecule has 0 aliphatic rings. The molecule has 17 heavy (non-hydrogen) atoms. The Bertz CT molecular complexity index is 534. The van der Waals surface area contributed by atoms with Crippen LogP contribution in [0.5, 0.6) is 0 Å². The fraction of sp³-hybridized carbons (Fsp3) is 0.154. The highest BCUT2D eigenvalue weighted by Crippen LogP contribution is 2.18. The Balaban J connectivity index is 2.16. The van der Waals surface area contributed by atoms with Gasteiger partial charge in [0.2, 0.25) is 0 Å². The van der Waals surface area contributed by atoms with Crippen LogP contribution in [-0.2, 0) is 6.54 Å². The number of hydrogen-bond acceptors (Lipinski definition) is 3. The maximum Gasteiger partial charge on any atom is 0.265 e. The van der Waals surface area contributed by atoms with Crippen molar-refractivity contribution in [3.8, 4) is 0 Å². The summed E-state index contributed by atoms with van der Waals surface area (Å²) >= 11 is 1.45. The lowest BCUT2D eigenvalue weighted by Gasteiger charge is -2.06. The standard InChI is InChI=1S/C13H14N2OS/c1-9-5-6-17-12(9)13(16)15-11-4-2-3-10(7-11)8-14/h2-7H,8,14H2,1H3,(H,15,16). The molecular weight excluding hydrogens is 232 g/mol. The molecule has 0 bridgehead atoms. The number of benzene rings is 1. The highest BCUT2D eigenvalue weighted by atomic mass is 32.1. The van der Waals surface area contributed by atoms with Crippen molar-refractivity contribution in [2.24, 2.45) is 5.73 Å². The predicted octanol–water partition coefficient (Wildman–Crippen LogP) is 2.77. The van der Waals surface area contributed by atoms with Gasteiger partial charge in [0.05, 0.1) is 4.88 Å². The zero-order valence-electron chi connectivity index (χ0n) is 9.57. The van der Waals surface area contributed by atoms with Gasteiger partial charge in [0.25, 0.3) is 5.91 Å². The molecule has 1 amide bonds. The average Bonchev–Trinajstić information content (AvgIpc) is 2.76. The molecule has 0 aliphatic heterocycles. The van der Waals surface area contributed by atoms with Crippen LogP contribution in [0.15, 0.2) is 35.7 Å². The van der Waals surface area contributed by atoms with Gasteiger partial charge in [0, 0.05) is 12.2 Å². The van der Waals surface area contributed by atoms with Crippen LogP contribution in [0.25, 0.3) is 0 Å². The number of carbonyl (C=O) groups excluding carboxylic acids is 1. The lowest BCUT2D eigenvalue weighted by Crippen LogP contribution is -2.11. The summed E-state index contributed by atoms with van der Waals surface area (Å²) in [6.45, 7) is 2.41. The van der Waals surface area contributed by atoms with Gasteiger partial charge >= 0.3 is 0 Å². The van der Waals surface area contributed by atoms with Gasteiger partial charge in [-0.05, 0) is 41.6 Å². The SMILES string of the molecule is Cc1ccsc1C(=O)Nc1cccc(CN)c1. The van der Waals surface area contributed by atoms with Gasteiger partial charge in [-0.2, -0.15) is 0 Å². The molecule has 3 N–H and O–H groups in total. The molecule has 0 saturated carbocycles. The molecule has 0 radical (unpaired) electrons. The van der Waals surface area contributed by atoms with Crippen LogP contribution in [0.2, 0.25) is 0 Å². The molecule has 1 heterocycles. The molecule has 2 aromatic rings. The number of thiophene rings is 1. The summed E-state index contributed by atoms with van der Waals surface area (Å²) in [4.78, 5) is 12.7. The van der Waals surface area contributed by atoms with Crippen LogP contribution in [0, 0.1) is 6.92 Å². The summed E-state index contributed by atoms with van der Waals surface area (Å²) in [6, 6.07) is 9.52. The molecular formula is C13H14N2OS. The van der Waals surface area contributed by atoms with Crippen molar-refractivity contribution in [3.05, 3.63) is 51.7 Å². The fourth-order valence-corrected chi connectivity index (χ4v) is 2.39. The largest absolute Gasteiger partial charge is 0.326 e. The minimum absolute atomic E-state index is 0.0633. The van der Waals surface area contributed by atoms with Gasteiger partial charge in [-0.3, -0.25) is 4.79 Å². The number of nitrogens with two attached hydrogens (primary N) is 1. The van der Waals surface area contributed by atoms with E-state index >= 15 is 0 Å². The smallest absolute Gasteiger partial charge is 0.265 e. The third-order valence-corrected chi connectivity index (χ3v) is 3.50. The van der Waals surface area contributed by atoms with Crippen molar-refractivity contribution in [3.63, 3.8) is 0 Å². The summed E-state index contributed by atoms with van der Waals surface area (Å²) in [5, 5.41) is 4.79. The van der Waals surface area contributed by atoms with Crippen molar-refractivity contribution < 1.29 is 4.79 Å². The quantitative estimate of drug-likeness (QED) is 0.875. The molecule has 3 nitrogen and oxygen atoms in total. The highest BCUT2D eigenvalue weighted by molar-refractivity contribution is 7.12. The molecule has 1 aromatic carbocycles. The van der Waals surface area contributed by atoms with E-state index in [1.54, 1.807) is 0 Å². The number of nitrogens with one attached hydrogen (secondary N) is 1. The predicted molar refractivity (Wildman–Crippen MR) is 71.3 cm³/mol. The number of carbonyl (C=O) groups is 1. The number of amides is 1. The summed E-state index contributed by atoms with van der Waals surface area (Å²) in [5.74, 6) is -0.0633. The van der Waals surface area contributed by atoms with Gasteiger partial charge in [-0.1, -0.05) is 12.1 Å². The molecule has 88 valence electrons. The van der Waals surface area contributed by atoms with Gasteiger partial charge < -0.3 is 11.1 Å². The molecule has 0 saturated heterocycles. The fourth-order valence-electron chi connectivity index (χ4n) is 1.57. The van der Waals surface area contributed by atoms with Crippen molar-refractivity contribution in [2.45, 2.75) is 13.5 Å². The lowest BCUT2D eigenvalue weighted by atomic mass is 10.2. The molecule has 0 spiro atoms. The van der Waals surface area contributed by atoms with Gasteiger partial charge in [0.15, 0.2) is 0 Å². The van der Waals surface area contributed by atoms with E-state index in [2.05, 4.69) is 5.32 Å². The number of aryl methyl sites for hydroxylation is 1. The van der Waals surface area contributed by atoms with E-state index in [4.69, 9.17) is 5.73 Å². The summed E-state index contributed by atoms with van der Waals surface area (Å²) in [7, 11) is 0. The van der Waals surface area contributed by atoms with Crippen molar-refractivity contribution >= 4 is 22.9 Å². The average molecular weight is 246 g/mol. The second-order valence-corrected chi connectivity index (χ2v) is 4.71. The zero-order valence-corrected chi connectivity index (χ0v) is 10.4. The Morgan fingerprint density at radius 3 is 2.88 bits per heavy atom. The number of anilines is 1. The second kappa shape index (κ2) is 5.12. The molecule has 0 aliphatic carbocycles. The van der Waals surface area contributed by atoms with E-state index in [0.717, 1.165) is 21.7 Å². The molecule has 2 rings (SSSR count). The highest BCUT2D eigenvalue weighted by Gasteiger charge is 2.10. The molecule has 0 fully saturated rings. The van der Waals surface area contributed by atoms with Crippen LogP contribution in [-0.4, -0.2) is 5.91 Å². The third-order valence-electron chi connectivity index (χ3n) is 2.49. The number of hydrogen-bond donors (Lipinski definition) is 2. The van der Waals surface area contributed by atoms with Crippen molar-refractivity contribution in [1.82, 2.24) is 0 Å². The Morgan fingerprint density at radius 2 is 2.24 bits per heavy atom. The van der Waals surface area contributed by atoms with Gasteiger partial charge in [-0.25, -0.2) is 0 Å². The van der Waals surface area contributed by atoms with Crippen LogP contribution in [0.3, 0.4) is 0 Å². The van der Waals surface area contributed by atoms with E-state index in [-0.39, 0.29) is 5.91 Å². The minimum atomic E-state index is -0.0633. The number of rotatable bonds is 3. The Hall–Kier alpha value is -1.65. The van der Waals surface area contributed by atoms with Gasteiger partial charge in [-0.15, -0.1) is 11.3 Å². The molecule has 4 heteroatoms. The second-order valence-electron chi connectivity index (χ2n) is 3.79. The first-order valence-corrected chi connectivity index (χ1v) is 6.23. The van der Waals surface area contributed by atoms with Gasteiger partial charge in [0.1, 0.15) is 0 Å². The van der Waals surface area contributed by atoms with Crippen LogP contribution < -0.4 is 11.1 Å². The molecule has 0 unspecified atom stereocenters. The van der Waals surface area contributed by atoms with Crippen LogP contribution >= 0.6 is 11.3 Å². The summed E-state index contributed by atoms with van der Waals surface area (Å²) < 4.78 is 0. The third kappa shape index (κ3) is 2.72.